The van der Waals surface area contributed by atoms with E-state index in [4.69, 9.17) is 16.3 Å². The number of benzene rings is 2. The van der Waals surface area contributed by atoms with Crippen molar-refractivity contribution in [2.75, 3.05) is 12.4 Å². The summed E-state index contributed by atoms with van der Waals surface area (Å²) in [4.78, 5) is 9.27. The molecule has 0 atom stereocenters. The van der Waals surface area contributed by atoms with Crippen LogP contribution >= 0.6 is 23.4 Å². The number of nitrogens with zero attached hydrogens (tertiary/aromatic N) is 3. The standard InChI is InChI=1S/C22H18ClF3N4O4S2/c1-12-11-28-16-10-18(34-36(31,32)22(24,25)26)17(33-3)9-14(16)20(12)29-13-4-5-19(15(23)8-13)35-21-27-6-7-30(21)2/h4-11H,1-3H3,(H,28,29). The molecule has 0 saturated heterocycles. The summed E-state index contributed by atoms with van der Waals surface area (Å²) in [5.41, 5.74) is -3.49. The minimum absolute atomic E-state index is 0.185. The van der Waals surface area contributed by atoms with Gasteiger partial charge in [-0.2, -0.15) is 21.6 Å². The Morgan fingerprint density at radius 3 is 2.50 bits per heavy atom. The van der Waals surface area contributed by atoms with Crippen molar-refractivity contribution in [1.82, 2.24) is 14.5 Å². The Morgan fingerprint density at radius 2 is 1.89 bits per heavy atom. The number of fused-ring (bicyclic) bond motifs is 1. The van der Waals surface area contributed by atoms with Gasteiger partial charge in [0.1, 0.15) is 0 Å². The van der Waals surface area contributed by atoms with E-state index in [1.807, 2.05) is 29.9 Å². The monoisotopic (exact) mass is 558 g/mol. The van der Waals surface area contributed by atoms with Crippen LogP contribution in [-0.4, -0.2) is 35.6 Å². The Hall–Kier alpha value is -3.16. The van der Waals surface area contributed by atoms with Gasteiger partial charge in [-0.3, -0.25) is 4.98 Å². The Bertz CT molecular complexity index is 1560. The second kappa shape index (κ2) is 9.71. The molecule has 0 aliphatic heterocycles. The summed E-state index contributed by atoms with van der Waals surface area (Å²) in [6.45, 7) is 1.78. The van der Waals surface area contributed by atoms with E-state index in [9.17, 15) is 21.6 Å². The lowest BCUT2D eigenvalue weighted by Gasteiger charge is -2.17. The summed E-state index contributed by atoms with van der Waals surface area (Å²) < 4.78 is 72.7. The number of alkyl halides is 3. The molecule has 0 fully saturated rings. The van der Waals surface area contributed by atoms with Gasteiger partial charge in [0, 0.05) is 47.7 Å². The predicted molar refractivity (Wildman–Crippen MR) is 131 cm³/mol. The number of aromatic nitrogens is 3. The number of halogens is 4. The first-order valence-electron chi connectivity index (χ1n) is 10.1. The zero-order valence-electron chi connectivity index (χ0n) is 18.9. The van der Waals surface area contributed by atoms with Crippen molar-refractivity contribution in [3.63, 3.8) is 0 Å². The highest BCUT2D eigenvalue weighted by molar-refractivity contribution is 7.99. The summed E-state index contributed by atoms with van der Waals surface area (Å²) in [5.74, 6) is -0.853. The van der Waals surface area contributed by atoms with E-state index in [2.05, 4.69) is 19.5 Å². The smallest absolute Gasteiger partial charge is 0.493 e. The maximum Gasteiger partial charge on any atom is 0.534 e. The summed E-state index contributed by atoms with van der Waals surface area (Å²) in [7, 11) is -2.84. The van der Waals surface area contributed by atoms with Gasteiger partial charge in [0.05, 0.1) is 23.3 Å². The molecule has 2 aromatic carbocycles. The maximum absolute atomic E-state index is 12.8. The van der Waals surface area contributed by atoms with Crippen molar-refractivity contribution in [1.29, 1.82) is 0 Å². The molecular weight excluding hydrogens is 541 g/mol. The summed E-state index contributed by atoms with van der Waals surface area (Å²) >= 11 is 7.90. The summed E-state index contributed by atoms with van der Waals surface area (Å²) in [5, 5.41) is 4.96. The normalized spacial score (nSPS) is 12.1. The average molecular weight is 559 g/mol. The van der Waals surface area contributed by atoms with Crippen molar-refractivity contribution < 1.29 is 30.5 Å². The molecule has 2 heterocycles. The van der Waals surface area contributed by atoms with E-state index in [1.54, 1.807) is 19.2 Å². The van der Waals surface area contributed by atoms with Crippen LogP contribution in [0.4, 0.5) is 24.5 Å². The highest BCUT2D eigenvalue weighted by Crippen LogP contribution is 2.40. The first-order chi connectivity index (χ1) is 16.9. The second-order valence-corrected chi connectivity index (χ2v) is 10.5. The molecule has 8 nitrogen and oxygen atoms in total. The van der Waals surface area contributed by atoms with Gasteiger partial charge in [0.15, 0.2) is 16.7 Å². The fourth-order valence-electron chi connectivity index (χ4n) is 3.21. The summed E-state index contributed by atoms with van der Waals surface area (Å²) in [6, 6.07) is 7.79. The van der Waals surface area contributed by atoms with E-state index in [-0.39, 0.29) is 11.3 Å². The first-order valence-corrected chi connectivity index (χ1v) is 12.7. The van der Waals surface area contributed by atoms with Gasteiger partial charge in [-0.25, -0.2) is 4.98 Å². The van der Waals surface area contributed by atoms with Crippen LogP contribution < -0.4 is 14.2 Å². The third-order valence-corrected chi connectivity index (χ3v) is 7.55. The quantitative estimate of drug-likeness (QED) is 0.216. The molecule has 0 unspecified atom stereocenters. The molecule has 1 N–H and O–H groups in total. The number of hydrogen-bond donors (Lipinski definition) is 1. The van der Waals surface area contributed by atoms with Gasteiger partial charge < -0.3 is 18.8 Å². The lowest BCUT2D eigenvalue weighted by Crippen LogP contribution is -2.28. The number of nitrogens with one attached hydrogen (secondary N) is 1. The van der Waals surface area contributed by atoms with Crippen LogP contribution in [0.5, 0.6) is 11.5 Å². The van der Waals surface area contributed by atoms with Gasteiger partial charge in [-0.15, -0.1) is 0 Å². The van der Waals surface area contributed by atoms with E-state index in [0.717, 1.165) is 16.1 Å². The van der Waals surface area contributed by atoms with Crippen molar-refractivity contribution in [2.45, 2.75) is 22.5 Å². The van der Waals surface area contributed by atoms with Gasteiger partial charge in [0.2, 0.25) is 0 Å². The molecular formula is C22H18ClF3N4O4S2. The molecule has 0 aliphatic carbocycles. The third kappa shape index (κ3) is 5.18. The van der Waals surface area contributed by atoms with Crippen LogP contribution in [0, 0.1) is 6.92 Å². The number of aryl methyl sites for hydroxylation is 2. The second-order valence-electron chi connectivity index (χ2n) is 7.51. The molecule has 0 radical (unpaired) electrons. The Labute approximate surface area is 213 Å². The molecule has 14 heteroatoms. The van der Waals surface area contributed by atoms with E-state index in [0.29, 0.717) is 27.3 Å². The van der Waals surface area contributed by atoms with Crippen molar-refractivity contribution in [3.05, 3.63) is 59.5 Å². The lowest BCUT2D eigenvalue weighted by molar-refractivity contribution is -0.0500. The van der Waals surface area contributed by atoms with Crippen molar-refractivity contribution >= 4 is 55.8 Å². The maximum atomic E-state index is 12.8. The Kier molecular flexibility index (Phi) is 6.99. The number of methoxy groups -OCH3 is 1. The third-order valence-electron chi connectivity index (χ3n) is 5.01. The van der Waals surface area contributed by atoms with Crippen LogP contribution in [0.3, 0.4) is 0 Å². The molecule has 0 bridgehead atoms. The van der Waals surface area contributed by atoms with E-state index < -0.39 is 21.4 Å². The molecule has 2 aromatic heterocycles. The minimum Gasteiger partial charge on any atom is -0.493 e. The van der Waals surface area contributed by atoms with Crippen molar-refractivity contribution in [2.24, 2.45) is 7.05 Å². The van der Waals surface area contributed by atoms with Crippen LogP contribution in [-0.2, 0) is 17.2 Å². The predicted octanol–water partition coefficient (Wildman–Crippen LogP) is 6.06. The molecule has 4 rings (SSSR count). The Balaban J connectivity index is 1.70. The number of ether oxygens (including phenoxy) is 1. The number of imidazole rings is 1. The molecule has 0 spiro atoms. The molecule has 0 saturated carbocycles. The highest BCUT2D eigenvalue weighted by atomic mass is 35.5. The van der Waals surface area contributed by atoms with Crippen LogP contribution in [0.1, 0.15) is 5.56 Å². The largest absolute Gasteiger partial charge is 0.534 e. The molecule has 0 aliphatic rings. The molecule has 190 valence electrons. The number of anilines is 2. The topological polar surface area (TPSA) is 95.3 Å². The zero-order chi connectivity index (χ0) is 26.3. The van der Waals surface area contributed by atoms with Crippen molar-refractivity contribution in [3.8, 4) is 11.5 Å². The van der Waals surface area contributed by atoms with E-state index in [1.165, 1.54) is 31.1 Å². The van der Waals surface area contributed by atoms with Gasteiger partial charge in [0.25, 0.3) is 0 Å². The first kappa shape index (κ1) is 25.9. The Morgan fingerprint density at radius 1 is 1.14 bits per heavy atom. The lowest BCUT2D eigenvalue weighted by atomic mass is 10.1. The van der Waals surface area contributed by atoms with Crippen LogP contribution in [0.25, 0.3) is 10.9 Å². The fourth-order valence-corrected chi connectivity index (χ4v) is 4.77. The molecule has 0 amide bonds. The van der Waals surface area contributed by atoms with Crippen LogP contribution in [0.15, 0.2) is 59.0 Å². The number of pyridine rings is 1. The van der Waals surface area contributed by atoms with E-state index >= 15 is 0 Å². The highest BCUT2D eigenvalue weighted by Gasteiger charge is 2.49. The molecule has 4 aromatic rings. The fraction of sp³-hybridized carbons (Fsp3) is 0.182. The SMILES string of the molecule is COc1cc2c(Nc3ccc(Sc4nccn4C)c(Cl)c3)c(C)cnc2cc1OS(=O)(=O)C(F)(F)F. The number of hydrogen-bond acceptors (Lipinski definition) is 8. The minimum atomic E-state index is -5.90. The number of rotatable bonds is 7. The van der Waals surface area contributed by atoms with Gasteiger partial charge in [-0.1, -0.05) is 23.4 Å². The zero-order valence-corrected chi connectivity index (χ0v) is 21.3. The van der Waals surface area contributed by atoms with Crippen LogP contribution in [0.2, 0.25) is 5.02 Å². The van der Waals surface area contributed by atoms with Gasteiger partial charge in [-0.05, 0) is 36.8 Å². The average Bonchev–Trinajstić information content (AvgIpc) is 3.20. The molecule has 36 heavy (non-hydrogen) atoms. The van der Waals surface area contributed by atoms with Gasteiger partial charge >= 0.3 is 15.6 Å². The summed E-state index contributed by atoms with van der Waals surface area (Å²) in [6.07, 6.45) is 5.01.